The Labute approximate surface area is 179 Å². The third kappa shape index (κ3) is 15.1. The molecule has 0 aliphatic rings. The van der Waals surface area contributed by atoms with Crippen molar-refractivity contribution < 1.29 is 14.3 Å². The summed E-state index contributed by atoms with van der Waals surface area (Å²) in [4.78, 5) is 11.9. The Morgan fingerprint density at radius 2 is 1.28 bits per heavy atom. The molecule has 0 radical (unpaired) electrons. The van der Waals surface area contributed by atoms with Crippen LogP contribution >= 0.6 is 0 Å². The van der Waals surface area contributed by atoms with Gasteiger partial charge in [0, 0.05) is 6.42 Å². The maximum Gasteiger partial charge on any atom is 0.306 e. The summed E-state index contributed by atoms with van der Waals surface area (Å²) < 4.78 is 10.5. The molecule has 0 aliphatic carbocycles. The number of esters is 1. The highest BCUT2D eigenvalue weighted by Gasteiger charge is 2.04. The monoisotopic (exact) mass is 404 g/mol. The Balaban J connectivity index is 1.84. The molecule has 29 heavy (non-hydrogen) atoms. The first-order valence-electron chi connectivity index (χ1n) is 12.0. The van der Waals surface area contributed by atoms with Crippen molar-refractivity contribution >= 4 is 5.97 Å². The Morgan fingerprint density at radius 1 is 0.759 bits per heavy atom. The van der Waals surface area contributed by atoms with Gasteiger partial charge in [0.05, 0.1) is 7.11 Å². The Morgan fingerprint density at radius 3 is 1.79 bits per heavy atom. The predicted molar refractivity (Wildman–Crippen MR) is 122 cm³/mol. The van der Waals surface area contributed by atoms with Gasteiger partial charge in [-0.25, -0.2) is 0 Å². The number of carbonyl (C=O) groups excluding carboxylic acids is 1. The summed E-state index contributed by atoms with van der Waals surface area (Å²) in [6.45, 7) is 2.61. The van der Waals surface area contributed by atoms with Crippen LogP contribution < -0.4 is 4.74 Å². The first-order valence-corrected chi connectivity index (χ1v) is 12.0. The summed E-state index contributed by atoms with van der Waals surface area (Å²) in [6, 6.07) is 7.65. The molecular formula is C26H44O3. The number of benzene rings is 1. The van der Waals surface area contributed by atoms with E-state index in [1.165, 1.54) is 83.5 Å². The molecule has 166 valence electrons. The number of unbranched alkanes of at least 4 members (excludes halogenated alkanes) is 14. The highest BCUT2D eigenvalue weighted by Crippen LogP contribution is 2.15. The summed E-state index contributed by atoms with van der Waals surface area (Å²) in [7, 11) is 1.64. The molecule has 0 atom stereocenters. The van der Waals surface area contributed by atoms with Crippen molar-refractivity contribution in [3.05, 3.63) is 29.8 Å². The minimum absolute atomic E-state index is 0.0949. The SMILES string of the molecule is CCCCCCCCCCCCCCCCCC(=O)OCc1cccc(OC)c1. The molecule has 0 bridgehead atoms. The fourth-order valence-corrected chi connectivity index (χ4v) is 3.64. The first kappa shape index (κ1) is 25.5. The molecular weight excluding hydrogens is 360 g/mol. The van der Waals surface area contributed by atoms with Gasteiger partial charge in [0.25, 0.3) is 0 Å². The molecule has 1 aromatic carbocycles. The smallest absolute Gasteiger partial charge is 0.306 e. The zero-order chi connectivity index (χ0) is 21.0. The molecule has 3 heteroatoms. The number of carbonyl (C=O) groups is 1. The molecule has 0 N–H and O–H groups in total. The van der Waals surface area contributed by atoms with Gasteiger partial charge >= 0.3 is 5.97 Å². The number of hydrogen-bond acceptors (Lipinski definition) is 3. The number of rotatable bonds is 19. The maximum absolute atomic E-state index is 11.9. The second-order valence-electron chi connectivity index (χ2n) is 8.21. The van der Waals surface area contributed by atoms with Crippen molar-refractivity contribution in [3.63, 3.8) is 0 Å². The lowest BCUT2D eigenvalue weighted by molar-refractivity contribution is -0.145. The summed E-state index contributed by atoms with van der Waals surface area (Å²) in [5, 5.41) is 0. The summed E-state index contributed by atoms with van der Waals surface area (Å²) in [5.41, 5.74) is 0.967. The summed E-state index contributed by atoms with van der Waals surface area (Å²) >= 11 is 0. The standard InChI is InChI=1S/C26H44O3/c1-3-4-5-6-7-8-9-10-11-12-13-14-15-16-17-21-26(27)29-23-24-19-18-20-25(22-24)28-2/h18-20,22H,3-17,21,23H2,1-2H3. The van der Waals surface area contributed by atoms with Crippen LogP contribution in [0, 0.1) is 0 Å². The third-order valence-corrected chi connectivity index (χ3v) is 5.52. The summed E-state index contributed by atoms with van der Waals surface area (Å²) in [6.07, 6.45) is 20.6. The lowest BCUT2D eigenvalue weighted by Crippen LogP contribution is -2.04. The Hall–Kier alpha value is -1.51. The minimum atomic E-state index is -0.0949. The molecule has 0 heterocycles. The van der Waals surface area contributed by atoms with Gasteiger partial charge in [0.2, 0.25) is 0 Å². The molecule has 0 spiro atoms. The Bertz CT molecular complexity index is 512. The van der Waals surface area contributed by atoms with E-state index in [0.29, 0.717) is 13.0 Å². The molecule has 0 saturated heterocycles. The van der Waals surface area contributed by atoms with Crippen molar-refractivity contribution in [3.8, 4) is 5.75 Å². The summed E-state index contributed by atoms with van der Waals surface area (Å²) in [5.74, 6) is 0.698. The van der Waals surface area contributed by atoms with Crippen molar-refractivity contribution in [2.45, 2.75) is 116 Å². The lowest BCUT2D eigenvalue weighted by atomic mass is 10.0. The van der Waals surface area contributed by atoms with E-state index in [-0.39, 0.29) is 5.97 Å². The molecule has 0 aromatic heterocycles. The fraction of sp³-hybridized carbons (Fsp3) is 0.731. The van der Waals surface area contributed by atoms with Crippen molar-refractivity contribution in [1.82, 2.24) is 0 Å². The first-order chi connectivity index (χ1) is 14.3. The van der Waals surface area contributed by atoms with Crippen molar-refractivity contribution in [2.24, 2.45) is 0 Å². The molecule has 1 aromatic rings. The van der Waals surface area contributed by atoms with Gasteiger partial charge in [-0.3, -0.25) is 4.79 Å². The van der Waals surface area contributed by atoms with Gasteiger partial charge in [-0.2, -0.15) is 0 Å². The van der Waals surface area contributed by atoms with Gasteiger partial charge in [0.15, 0.2) is 0 Å². The average molecular weight is 405 g/mol. The zero-order valence-corrected chi connectivity index (χ0v) is 19.1. The number of methoxy groups -OCH3 is 1. The van der Waals surface area contributed by atoms with E-state index in [0.717, 1.165) is 24.2 Å². The Kier molecular flexibility index (Phi) is 16.3. The maximum atomic E-state index is 11.9. The zero-order valence-electron chi connectivity index (χ0n) is 19.1. The minimum Gasteiger partial charge on any atom is -0.497 e. The van der Waals surface area contributed by atoms with E-state index < -0.39 is 0 Å². The number of hydrogen-bond donors (Lipinski definition) is 0. The van der Waals surface area contributed by atoms with E-state index in [1.807, 2.05) is 24.3 Å². The van der Waals surface area contributed by atoms with Crippen molar-refractivity contribution in [2.75, 3.05) is 7.11 Å². The molecule has 0 fully saturated rings. The van der Waals surface area contributed by atoms with Crippen LogP contribution in [0.4, 0.5) is 0 Å². The highest BCUT2D eigenvalue weighted by molar-refractivity contribution is 5.69. The van der Waals surface area contributed by atoms with Crippen LogP contribution in [0.2, 0.25) is 0 Å². The second-order valence-corrected chi connectivity index (χ2v) is 8.21. The van der Waals surface area contributed by atoms with Crippen LogP contribution in [0.5, 0.6) is 5.75 Å². The van der Waals surface area contributed by atoms with E-state index in [1.54, 1.807) is 7.11 Å². The van der Waals surface area contributed by atoms with Crippen LogP contribution in [0.25, 0.3) is 0 Å². The van der Waals surface area contributed by atoms with Crippen LogP contribution in [-0.4, -0.2) is 13.1 Å². The third-order valence-electron chi connectivity index (χ3n) is 5.52. The van der Waals surface area contributed by atoms with E-state index in [2.05, 4.69) is 6.92 Å². The molecule has 0 aliphatic heterocycles. The van der Waals surface area contributed by atoms with Crippen LogP contribution in [0.15, 0.2) is 24.3 Å². The van der Waals surface area contributed by atoms with Gasteiger partial charge < -0.3 is 9.47 Å². The van der Waals surface area contributed by atoms with E-state index >= 15 is 0 Å². The topological polar surface area (TPSA) is 35.5 Å². The highest BCUT2D eigenvalue weighted by atomic mass is 16.5. The van der Waals surface area contributed by atoms with Gasteiger partial charge in [-0.15, -0.1) is 0 Å². The van der Waals surface area contributed by atoms with Crippen LogP contribution in [-0.2, 0) is 16.1 Å². The average Bonchev–Trinajstić information content (AvgIpc) is 2.75. The molecule has 0 amide bonds. The van der Waals surface area contributed by atoms with E-state index in [4.69, 9.17) is 9.47 Å². The normalized spacial score (nSPS) is 10.8. The second kappa shape index (κ2) is 18.5. The molecule has 0 saturated carbocycles. The quantitative estimate of drug-likeness (QED) is 0.173. The van der Waals surface area contributed by atoms with Gasteiger partial charge in [-0.1, -0.05) is 109 Å². The predicted octanol–water partition coefficient (Wildman–Crippen LogP) is 8.00. The lowest BCUT2D eigenvalue weighted by Gasteiger charge is -2.07. The molecule has 1 rings (SSSR count). The van der Waals surface area contributed by atoms with Crippen LogP contribution in [0.3, 0.4) is 0 Å². The van der Waals surface area contributed by atoms with Gasteiger partial charge in [-0.05, 0) is 24.1 Å². The molecule has 0 unspecified atom stereocenters. The van der Waals surface area contributed by atoms with Crippen LogP contribution in [0.1, 0.15) is 115 Å². The van der Waals surface area contributed by atoms with Gasteiger partial charge in [0.1, 0.15) is 12.4 Å². The fourth-order valence-electron chi connectivity index (χ4n) is 3.64. The molecule has 3 nitrogen and oxygen atoms in total. The van der Waals surface area contributed by atoms with Crippen molar-refractivity contribution in [1.29, 1.82) is 0 Å². The largest absolute Gasteiger partial charge is 0.497 e. The number of ether oxygens (including phenoxy) is 2. The van der Waals surface area contributed by atoms with E-state index in [9.17, 15) is 4.79 Å².